The maximum Gasteiger partial charge on any atom is 0.0949 e. The first-order valence-corrected chi connectivity index (χ1v) is 6.01. The maximum absolute atomic E-state index is 4.07. The Balaban J connectivity index is 2.10. The van der Waals surface area contributed by atoms with Gasteiger partial charge in [-0.05, 0) is 11.1 Å². The Morgan fingerprint density at radius 2 is 2.00 bits per heavy atom. The molecular weight excluding hydrogens is 210 g/mol. The first-order valence-electron chi connectivity index (χ1n) is 6.01. The minimum absolute atomic E-state index is 0.510. The van der Waals surface area contributed by atoms with E-state index in [0.717, 1.165) is 13.1 Å². The van der Waals surface area contributed by atoms with Gasteiger partial charge in [0.25, 0.3) is 0 Å². The van der Waals surface area contributed by atoms with Crippen LogP contribution in [0.25, 0.3) is 0 Å². The molecule has 0 amide bonds. The molecule has 1 aromatic heterocycles. The van der Waals surface area contributed by atoms with Gasteiger partial charge in [-0.1, -0.05) is 38.1 Å². The van der Waals surface area contributed by atoms with Gasteiger partial charge in [0.1, 0.15) is 0 Å². The highest BCUT2D eigenvalue weighted by atomic mass is 15.0. The minimum atomic E-state index is 0.510. The van der Waals surface area contributed by atoms with Gasteiger partial charge in [0, 0.05) is 31.5 Å². The zero-order valence-corrected chi connectivity index (χ0v) is 10.4. The van der Waals surface area contributed by atoms with Crippen LogP contribution in [0.4, 0.5) is 0 Å². The number of imidazole rings is 1. The van der Waals surface area contributed by atoms with Crippen molar-refractivity contribution in [2.45, 2.75) is 33.0 Å². The van der Waals surface area contributed by atoms with E-state index in [4.69, 9.17) is 0 Å². The summed E-state index contributed by atoms with van der Waals surface area (Å²) in [4.78, 5) is 4.07. The number of nitrogens with one attached hydrogen (secondary N) is 1. The zero-order chi connectivity index (χ0) is 12.1. The fourth-order valence-electron chi connectivity index (χ4n) is 1.78. The highest BCUT2D eigenvalue weighted by Gasteiger charge is 2.02. The Hall–Kier alpha value is -1.61. The van der Waals surface area contributed by atoms with Crippen molar-refractivity contribution in [3.63, 3.8) is 0 Å². The fraction of sp³-hybridized carbons (Fsp3) is 0.357. The number of rotatable bonds is 5. The van der Waals surface area contributed by atoms with E-state index in [9.17, 15) is 0 Å². The van der Waals surface area contributed by atoms with Gasteiger partial charge in [-0.15, -0.1) is 0 Å². The van der Waals surface area contributed by atoms with Gasteiger partial charge in [0.15, 0.2) is 0 Å². The molecule has 0 radical (unpaired) electrons. The van der Waals surface area contributed by atoms with Crippen LogP contribution in [-0.4, -0.2) is 15.6 Å². The molecule has 17 heavy (non-hydrogen) atoms. The van der Waals surface area contributed by atoms with Crippen LogP contribution >= 0.6 is 0 Å². The molecule has 1 N–H and O–H groups in total. The molecule has 0 spiro atoms. The predicted octanol–water partition coefficient (Wildman–Crippen LogP) is 2.43. The van der Waals surface area contributed by atoms with Crippen molar-refractivity contribution in [3.05, 3.63) is 54.1 Å². The molecule has 0 aliphatic heterocycles. The van der Waals surface area contributed by atoms with E-state index in [1.807, 2.05) is 18.7 Å². The molecule has 2 aromatic rings. The average Bonchev–Trinajstić information content (AvgIpc) is 2.80. The molecule has 2 rings (SSSR count). The molecule has 0 unspecified atom stereocenters. The zero-order valence-electron chi connectivity index (χ0n) is 10.4. The number of aromatic nitrogens is 2. The minimum Gasteiger partial charge on any atom is -0.333 e. The van der Waals surface area contributed by atoms with E-state index in [0.29, 0.717) is 6.04 Å². The number of nitrogens with zero attached hydrogens (tertiary/aromatic N) is 2. The van der Waals surface area contributed by atoms with E-state index >= 15 is 0 Å². The molecule has 1 heterocycles. The average molecular weight is 229 g/mol. The lowest BCUT2D eigenvalue weighted by atomic mass is 10.1. The molecule has 0 bridgehead atoms. The van der Waals surface area contributed by atoms with Gasteiger partial charge in [0.2, 0.25) is 0 Å². The van der Waals surface area contributed by atoms with Crippen LogP contribution in [0.3, 0.4) is 0 Å². The van der Waals surface area contributed by atoms with E-state index < -0.39 is 0 Å². The van der Waals surface area contributed by atoms with Crippen LogP contribution in [0.2, 0.25) is 0 Å². The molecule has 0 fully saturated rings. The number of hydrogen-bond acceptors (Lipinski definition) is 2. The summed E-state index contributed by atoms with van der Waals surface area (Å²) < 4.78 is 2.09. The lowest BCUT2D eigenvalue weighted by Crippen LogP contribution is -2.22. The molecule has 3 heteroatoms. The summed E-state index contributed by atoms with van der Waals surface area (Å²) in [6.07, 6.45) is 5.66. The van der Waals surface area contributed by atoms with Crippen LogP contribution < -0.4 is 5.32 Å². The van der Waals surface area contributed by atoms with E-state index in [2.05, 4.69) is 53.0 Å². The van der Waals surface area contributed by atoms with Crippen molar-refractivity contribution in [2.75, 3.05) is 0 Å². The molecule has 3 nitrogen and oxygen atoms in total. The summed E-state index contributed by atoms with van der Waals surface area (Å²) in [7, 11) is 0. The van der Waals surface area contributed by atoms with E-state index in [1.165, 1.54) is 11.1 Å². The summed E-state index contributed by atoms with van der Waals surface area (Å²) in [6, 6.07) is 9.05. The number of hydrogen-bond donors (Lipinski definition) is 1. The molecule has 0 saturated heterocycles. The molecule has 1 aromatic carbocycles. The van der Waals surface area contributed by atoms with E-state index in [1.54, 1.807) is 0 Å². The molecule has 0 aliphatic carbocycles. The Morgan fingerprint density at radius 1 is 1.24 bits per heavy atom. The van der Waals surface area contributed by atoms with Gasteiger partial charge in [-0.3, -0.25) is 0 Å². The third-order valence-electron chi connectivity index (χ3n) is 2.73. The third-order valence-corrected chi connectivity index (χ3v) is 2.73. The maximum atomic E-state index is 4.07. The highest BCUT2D eigenvalue weighted by Crippen LogP contribution is 2.10. The van der Waals surface area contributed by atoms with Gasteiger partial charge in [0.05, 0.1) is 6.33 Å². The van der Waals surface area contributed by atoms with Crippen molar-refractivity contribution in [1.82, 2.24) is 14.9 Å². The predicted molar refractivity (Wildman–Crippen MR) is 69.7 cm³/mol. The van der Waals surface area contributed by atoms with E-state index in [-0.39, 0.29) is 0 Å². The second-order valence-corrected chi connectivity index (χ2v) is 4.54. The van der Waals surface area contributed by atoms with Crippen molar-refractivity contribution < 1.29 is 0 Å². The second kappa shape index (κ2) is 5.64. The lowest BCUT2D eigenvalue weighted by molar-refractivity contribution is 0.584. The largest absolute Gasteiger partial charge is 0.333 e. The van der Waals surface area contributed by atoms with Gasteiger partial charge in [-0.25, -0.2) is 4.98 Å². The summed E-state index contributed by atoms with van der Waals surface area (Å²) >= 11 is 0. The Labute approximate surface area is 103 Å². The summed E-state index contributed by atoms with van der Waals surface area (Å²) in [6.45, 7) is 6.13. The number of benzene rings is 1. The SMILES string of the molecule is CC(C)NCc1ccccc1Cn1ccnc1. The topological polar surface area (TPSA) is 29.9 Å². The van der Waals surface area contributed by atoms with Crippen LogP contribution in [-0.2, 0) is 13.1 Å². The molecule has 0 saturated carbocycles. The van der Waals surface area contributed by atoms with Crippen LogP contribution in [0, 0.1) is 0 Å². The first kappa shape index (κ1) is 11.9. The van der Waals surface area contributed by atoms with Crippen LogP contribution in [0.5, 0.6) is 0 Å². The summed E-state index contributed by atoms with van der Waals surface area (Å²) in [5.41, 5.74) is 2.70. The van der Waals surface area contributed by atoms with Gasteiger partial charge >= 0.3 is 0 Å². The normalized spacial score (nSPS) is 11.0. The molecule has 0 atom stereocenters. The Kier molecular flexibility index (Phi) is 3.94. The standard InChI is InChI=1S/C14H19N3/c1-12(2)16-9-13-5-3-4-6-14(13)10-17-8-7-15-11-17/h3-8,11-12,16H,9-10H2,1-2H3. The Bertz CT molecular complexity index is 446. The molecule has 0 aliphatic rings. The smallest absolute Gasteiger partial charge is 0.0949 e. The lowest BCUT2D eigenvalue weighted by Gasteiger charge is -2.12. The van der Waals surface area contributed by atoms with Crippen molar-refractivity contribution in [2.24, 2.45) is 0 Å². The monoisotopic (exact) mass is 229 g/mol. The summed E-state index contributed by atoms with van der Waals surface area (Å²) in [5, 5.41) is 3.46. The highest BCUT2D eigenvalue weighted by molar-refractivity contribution is 5.27. The van der Waals surface area contributed by atoms with Crippen LogP contribution in [0.15, 0.2) is 43.0 Å². The second-order valence-electron chi connectivity index (χ2n) is 4.54. The van der Waals surface area contributed by atoms with Crippen molar-refractivity contribution in [1.29, 1.82) is 0 Å². The fourth-order valence-corrected chi connectivity index (χ4v) is 1.78. The molecule has 90 valence electrons. The Morgan fingerprint density at radius 3 is 2.65 bits per heavy atom. The van der Waals surface area contributed by atoms with Crippen molar-refractivity contribution in [3.8, 4) is 0 Å². The first-order chi connectivity index (χ1) is 8.25. The quantitative estimate of drug-likeness (QED) is 0.853. The van der Waals surface area contributed by atoms with Crippen LogP contribution in [0.1, 0.15) is 25.0 Å². The van der Waals surface area contributed by atoms with Crippen molar-refractivity contribution >= 4 is 0 Å². The third kappa shape index (κ3) is 3.43. The summed E-state index contributed by atoms with van der Waals surface area (Å²) in [5.74, 6) is 0. The van der Waals surface area contributed by atoms with Gasteiger partial charge in [-0.2, -0.15) is 0 Å². The molecular formula is C14H19N3. The van der Waals surface area contributed by atoms with Gasteiger partial charge < -0.3 is 9.88 Å².